The summed E-state index contributed by atoms with van der Waals surface area (Å²) in [5, 5.41) is 7.13. The average molecular weight is 353 g/mol. The Morgan fingerprint density at radius 3 is 1.23 bits per heavy atom. The average Bonchev–Trinajstić information content (AvgIpc) is 2.70. The Bertz CT molecular complexity index is 487. The van der Waals surface area contributed by atoms with Crippen LogP contribution in [0.2, 0.25) is 0 Å². The van der Waals surface area contributed by atoms with Crippen LogP contribution in [0.1, 0.15) is 49.7 Å². The predicted molar refractivity (Wildman–Crippen MR) is 114 cm³/mol. The molecule has 0 aliphatic heterocycles. The molecular formula is C24H36N2. The van der Waals surface area contributed by atoms with Crippen molar-refractivity contribution >= 4 is 0 Å². The zero-order valence-electron chi connectivity index (χ0n) is 16.3. The standard InChI is InChI=1S/C24H36N2/c1(3-11-19-25-21-17-23-13-7-5-8-14-23)2-4-12-20-26-22-18-24-15-9-6-10-16-24/h5-10,13-16,25-26H,1-4,11-12,17-22H2. The summed E-state index contributed by atoms with van der Waals surface area (Å²) in [7, 11) is 0. The third kappa shape index (κ3) is 10.4. The number of rotatable bonds is 15. The Morgan fingerprint density at radius 2 is 0.808 bits per heavy atom. The van der Waals surface area contributed by atoms with Crippen molar-refractivity contribution in [1.29, 1.82) is 0 Å². The first-order valence-corrected chi connectivity index (χ1v) is 10.4. The molecule has 0 unspecified atom stereocenters. The van der Waals surface area contributed by atoms with Gasteiger partial charge in [0.2, 0.25) is 0 Å². The van der Waals surface area contributed by atoms with E-state index in [4.69, 9.17) is 0 Å². The highest BCUT2D eigenvalue weighted by molar-refractivity contribution is 5.15. The van der Waals surface area contributed by atoms with Gasteiger partial charge in [0.25, 0.3) is 0 Å². The monoisotopic (exact) mass is 352 g/mol. The van der Waals surface area contributed by atoms with E-state index >= 15 is 0 Å². The van der Waals surface area contributed by atoms with Crippen LogP contribution in [0.25, 0.3) is 0 Å². The molecule has 0 aliphatic rings. The second-order valence-electron chi connectivity index (χ2n) is 7.09. The third-order valence-electron chi connectivity index (χ3n) is 4.82. The van der Waals surface area contributed by atoms with Gasteiger partial charge in [0.15, 0.2) is 0 Å². The lowest BCUT2D eigenvalue weighted by Crippen LogP contribution is -2.18. The molecule has 0 fully saturated rings. The van der Waals surface area contributed by atoms with Gasteiger partial charge in [-0.05, 0) is 63.0 Å². The summed E-state index contributed by atoms with van der Waals surface area (Å²) in [5.41, 5.74) is 2.86. The highest BCUT2D eigenvalue weighted by atomic mass is 14.8. The molecule has 0 aliphatic carbocycles. The Hall–Kier alpha value is -1.64. The Morgan fingerprint density at radius 1 is 0.423 bits per heavy atom. The van der Waals surface area contributed by atoms with Gasteiger partial charge in [0.1, 0.15) is 0 Å². The Kier molecular flexibility index (Phi) is 11.5. The third-order valence-corrected chi connectivity index (χ3v) is 4.82. The molecule has 0 heterocycles. The van der Waals surface area contributed by atoms with E-state index in [1.165, 1.54) is 49.7 Å². The molecule has 142 valence electrons. The molecule has 2 rings (SSSR count). The number of unbranched alkanes of at least 4 members (excludes halogenated alkanes) is 5. The van der Waals surface area contributed by atoms with Crippen LogP contribution >= 0.6 is 0 Å². The molecule has 0 atom stereocenters. The van der Waals surface area contributed by atoms with Crippen LogP contribution in [0.4, 0.5) is 0 Å². The van der Waals surface area contributed by atoms with Crippen LogP contribution in [0, 0.1) is 0 Å². The summed E-state index contributed by atoms with van der Waals surface area (Å²) in [6.45, 7) is 4.51. The maximum Gasteiger partial charge on any atom is -0.000835 e. The van der Waals surface area contributed by atoms with Crippen molar-refractivity contribution < 1.29 is 0 Å². The Balaban J connectivity index is 1.28. The summed E-state index contributed by atoms with van der Waals surface area (Å²) in [4.78, 5) is 0. The molecule has 0 aromatic heterocycles. The van der Waals surface area contributed by atoms with Gasteiger partial charge in [0, 0.05) is 0 Å². The molecule has 0 amide bonds. The summed E-state index contributed by atoms with van der Waals surface area (Å²) < 4.78 is 0. The van der Waals surface area contributed by atoms with E-state index in [0.29, 0.717) is 0 Å². The molecule has 0 spiro atoms. The lowest BCUT2D eigenvalue weighted by atomic mass is 10.1. The zero-order chi connectivity index (χ0) is 18.1. The lowest BCUT2D eigenvalue weighted by molar-refractivity contribution is 0.551. The highest BCUT2D eigenvalue weighted by Crippen LogP contribution is 2.05. The van der Waals surface area contributed by atoms with Gasteiger partial charge in [-0.2, -0.15) is 0 Å². The van der Waals surface area contributed by atoms with Crippen molar-refractivity contribution in [1.82, 2.24) is 10.6 Å². The minimum absolute atomic E-state index is 1.10. The lowest BCUT2D eigenvalue weighted by Gasteiger charge is -2.06. The highest BCUT2D eigenvalue weighted by Gasteiger charge is 1.95. The molecule has 0 radical (unpaired) electrons. The van der Waals surface area contributed by atoms with Gasteiger partial charge in [0.05, 0.1) is 0 Å². The number of nitrogens with one attached hydrogen (secondary N) is 2. The van der Waals surface area contributed by atoms with E-state index < -0.39 is 0 Å². The SMILES string of the molecule is c1ccc(CCNCCCCCCCCNCCc2ccccc2)cc1. The molecule has 2 N–H and O–H groups in total. The molecule has 2 aromatic carbocycles. The van der Waals surface area contributed by atoms with Crippen LogP contribution in [0.5, 0.6) is 0 Å². The number of benzene rings is 2. The second-order valence-corrected chi connectivity index (χ2v) is 7.09. The molecule has 26 heavy (non-hydrogen) atoms. The van der Waals surface area contributed by atoms with E-state index in [9.17, 15) is 0 Å². The van der Waals surface area contributed by atoms with Gasteiger partial charge < -0.3 is 10.6 Å². The minimum atomic E-state index is 1.10. The quantitative estimate of drug-likeness (QED) is 0.441. The van der Waals surface area contributed by atoms with Crippen molar-refractivity contribution in [2.75, 3.05) is 26.2 Å². The van der Waals surface area contributed by atoms with Crippen molar-refractivity contribution in [3.8, 4) is 0 Å². The molecule has 2 aromatic rings. The van der Waals surface area contributed by atoms with Crippen molar-refractivity contribution in [2.24, 2.45) is 0 Å². The van der Waals surface area contributed by atoms with Crippen molar-refractivity contribution in [3.63, 3.8) is 0 Å². The maximum atomic E-state index is 3.56. The van der Waals surface area contributed by atoms with Crippen LogP contribution in [0.3, 0.4) is 0 Å². The van der Waals surface area contributed by atoms with Gasteiger partial charge in [-0.3, -0.25) is 0 Å². The fourth-order valence-corrected chi connectivity index (χ4v) is 3.21. The summed E-state index contributed by atoms with van der Waals surface area (Å²) >= 11 is 0. The van der Waals surface area contributed by atoms with E-state index in [-0.39, 0.29) is 0 Å². The fraction of sp³-hybridized carbons (Fsp3) is 0.500. The molecule has 2 nitrogen and oxygen atoms in total. The first-order valence-electron chi connectivity index (χ1n) is 10.4. The van der Waals surface area contributed by atoms with Gasteiger partial charge in [-0.25, -0.2) is 0 Å². The number of hydrogen-bond acceptors (Lipinski definition) is 2. The second kappa shape index (κ2) is 14.5. The van der Waals surface area contributed by atoms with Gasteiger partial charge in [-0.15, -0.1) is 0 Å². The van der Waals surface area contributed by atoms with Crippen molar-refractivity contribution in [3.05, 3.63) is 71.8 Å². The van der Waals surface area contributed by atoms with Gasteiger partial charge >= 0.3 is 0 Å². The van der Waals surface area contributed by atoms with Crippen molar-refractivity contribution in [2.45, 2.75) is 51.4 Å². The molecule has 0 saturated carbocycles. The van der Waals surface area contributed by atoms with Crippen LogP contribution < -0.4 is 10.6 Å². The van der Waals surface area contributed by atoms with E-state index in [0.717, 1.165) is 39.0 Å². The van der Waals surface area contributed by atoms with E-state index in [1.54, 1.807) is 0 Å². The molecule has 0 saturated heterocycles. The van der Waals surface area contributed by atoms with E-state index in [2.05, 4.69) is 71.3 Å². The zero-order valence-corrected chi connectivity index (χ0v) is 16.3. The van der Waals surface area contributed by atoms with Crippen LogP contribution in [0.15, 0.2) is 60.7 Å². The molecule has 0 bridgehead atoms. The molecule has 2 heteroatoms. The van der Waals surface area contributed by atoms with E-state index in [1.807, 2.05) is 0 Å². The van der Waals surface area contributed by atoms with Crippen LogP contribution in [-0.2, 0) is 12.8 Å². The topological polar surface area (TPSA) is 24.1 Å². The summed E-state index contributed by atoms with van der Waals surface area (Å²) in [5.74, 6) is 0. The normalized spacial score (nSPS) is 10.9. The summed E-state index contributed by atoms with van der Waals surface area (Å²) in [6, 6.07) is 21.5. The largest absolute Gasteiger partial charge is 0.316 e. The Labute approximate surface area is 160 Å². The van der Waals surface area contributed by atoms with Gasteiger partial charge in [-0.1, -0.05) is 86.3 Å². The fourth-order valence-electron chi connectivity index (χ4n) is 3.21. The smallest absolute Gasteiger partial charge is 0.000835 e. The first-order chi connectivity index (χ1) is 12.9. The molecular weight excluding hydrogens is 316 g/mol. The summed E-state index contributed by atoms with van der Waals surface area (Å²) in [6.07, 6.45) is 10.4. The predicted octanol–water partition coefficient (Wildman–Crippen LogP) is 4.99. The van der Waals surface area contributed by atoms with Crippen LogP contribution in [-0.4, -0.2) is 26.2 Å². The minimum Gasteiger partial charge on any atom is -0.316 e. The number of hydrogen-bond donors (Lipinski definition) is 2. The maximum absolute atomic E-state index is 3.56. The first kappa shape index (κ1) is 20.7.